The number of aliphatic hydroxyl groups excluding tert-OH is 1. The Morgan fingerprint density at radius 2 is 1.89 bits per heavy atom. The number of carboxylic acid groups (broad SMARTS) is 1. The number of carbonyl (C=O) groups is 1. The summed E-state index contributed by atoms with van der Waals surface area (Å²) in [5, 5.41) is 19.0. The van der Waals surface area contributed by atoms with Gasteiger partial charge in [-0.1, -0.05) is 73.1 Å². The Bertz CT molecular complexity index is 699. The van der Waals surface area contributed by atoms with Crippen molar-refractivity contribution in [2.45, 2.75) is 60.0 Å². The van der Waals surface area contributed by atoms with Crippen molar-refractivity contribution in [2.75, 3.05) is 0 Å². The van der Waals surface area contributed by atoms with Crippen molar-refractivity contribution in [1.29, 1.82) is 0 Å². The summed E-state index contributed by atoms with van der Waals surface area (Å²) in [6, 6.07) is 0. The molecule has 1 aliphatic carbocycles. The van der Waals surface area contributed by atoms with Gasteiger partial charge in [-0.2, -0.15) is 0 Å². The Kier molecular flexibility index (Phi) is 8.71. The number of aliphatic carboxylic acids is 1. The van der Waals surface area contributed by atoms with Crippen LogP contribution in [0.15, 0.2) is 71.4 Å². The SMILES string of the molecule is C=CC(C(=O)O)C(O)C=C(C)C=CC=C(C)C=CC1=C(C)CCCC1(C)C. The van der Waals surface area contributed by atoms with Gasteiger partial charge in [0.05, 0.1) is 6.10 Å². The van der Waals surface area contributed by atoms with Gasteiger partial charge in [0.25, 0.3) is 0 Å². The fourth-order valence-corrected chi connectivity index (χ4v) is 3.45. The van der Waals surface area contributed by atoms with Crippen LogP contribution in [-0.2, 0) is 4.79 Å². The van der Waals surface area contributed by atoms with E-state index >= 15 is 0 Å². The third-order valence-electron chi connectivity index (χ3n) is 5.11. The van der Waals surface area contributed by atoms with Crippen LogP contribution in [0.1, 0.15) is 53.9 Å². The number of carboxylic acids is 1. The monoisotopic (exact) mass is 370 g/mol. The lowest BCUT2D eigenvalue weighted by Crippen LogP contribution is -2.24. The van der Waals surface area contributed by atoms with Crippen molar-refractivity contribution in [3.8, 4) is 0 Å². The first kappa shape index (κ1) is 22.9. The maximum absolute atomic E-state index is 11.0. The summed E-state index contributed by atoms with van der Waals surface area (Å²) >= 11 is 0. The van der Waals surface area contributed by atoms with Gasteiger partial charge in [0.1, 0.15) is 5.92 Å². The Hall–Kier alpha value is -2.13. The molecular weight excluding hydrogens is 336 g/mol. The molecule has 0 spiro atoms. The molecule has 0 saturated heterocycles. The summed E-state index contributed by atoms with van der Waals surface area (Å²) in [5.74, 6) is -2.08. The summed E-state index contributed by atoms with van der Waals surface area (Å²) < 4.78 is 0. The molecule has 0 bridgehead atoms. The number of hydrogen-bond acceptors (Lipinski definition) is 2. The normalized spacial score (nSPS) is 21.0. The Labute approximate surface area is 164 Å². The lowest BCUT2D eigenvalue weighted by atomic mass is 9.72. The second-order valence-electron chi connectivity index (χ2n) is 8.04. The van der Waals surface area contributed by atoms with Crippen molar-refractivity contribution < 1.29 is 15.0 Å². The number of aliphatic hydroxyl groups is 1. The molecule has 148 valence electrons. The molecule has 0 aromatic rings. The van der Waals surface area contributed by atoms with Gasteiger partial charge < -0.3 is 10.2 Å². The van der Waals surface area contributed by atoms with Crippen LogP contribution in [0.2, 0.25) is 0 Å². The Balaban J connectivity index is 2.79. The molecule has 0 amide bonds. The Morgan fingerprint density at radius 1 is 1.22 bits per heavy atom. The molecular formula is C24H34O3. The van der Waals surface area contributed by atoms with E-state index in [9.17, 15) is 9.90 Å². The highest BCUT2D eigenvalue weighted by Crippen LogP contribution is 2.40. The van der Waals surface area contributed by atoms with E-state index < -0.39 is 18.0 Å². The van der Waals surface area contributed by atoms with Crippen LogP contribution in [0.3, 0.4) is 0 Å². The molecule has 0 aromatic heterocycles. The van der Waals surface area contributed by atoms with E-state index in [0.717, 1.165) is 11.1 Å². The molecule has 2 atom stereocenters. The largest absolute Gasteiger partial charge is 0.481 e. The summed E-state index contributed by atoms with van der Waals surface area (Å²) in [6.45, 7) is 14.2. The minimum Gasteiger partial charge on any atom is -0.481 e. The van der Waals surface area contributed by atoms with Crippen LogP contribution in [0.4, 0.5) is 0 Å². The highest BCUT2D eigenvalue weighted by molar-refractivity contribution is 5.73. The maximum atomic E-state index is 11.0. The predicted molar refractivity (Wildman–Crippen MR) is 113 cm³/mol. The fourth-order valence-electron chi connectivity index (χ4n) is 3.45. The van der Waals surface area contributed by atoms with E-state index in [2.05, 4.69) is 46.4 Å². The van der Waals surface area contributed by atoms with Gasteiger partial charge in [0, 0.05) is 0 Å². The lowest BCUT2D eigenvalue weighted by molar-refractivity contribution is -0.142. The van der Waals surface area contributed by atoms with E-state index in [1.54, 1.807) is 0 Å². The standard InChI is InChI=1S/C24H34O3/c1-7-20(23(26)27)22(25)16-18(3)11-8-10-17(2)13-14-21-19(4)12-9-15-24(21,5)6/h7-8,10-11,13-14,16,20,22,25H,1,9,12,15H2,2-6H3,(H,26,27). The van der Waals surface area contributed by atoms with Gasteiger partial charge in [0.2, 0.25) is 0 Å². The molecule has 1 rings (SSSR count). The van der Waals surface area contributed by atoms with Crippen LogP contribution in [0.25, 0.3) is 0 Å². The molecule has 2 unspecified atom stereocenters. The van der Waals surface area contributed by atoms with Crippen molar-refractivity contribution in [3.63, 3.8) is 0 Å². The van der Waals surface area contributed by atoms with E-state index in [0.29, 0.717) is 0 Å². The first-order chi connectivity index (χ1) is 12.6. The highest BCUT2D eigenvalue weighted by atomic mass is 16.4. The topological polar surface area (TPSA) is 57.5 Å². The molecule has 3 nitrogen and oxygen atoms in total. The minimum atomic E-state index is -1.09. The average molecular weight is 371 g/mol. The van der Waals surface area contributed by atoms with E-state index in [1.165, 1.54) is 42.6 Å². The summed E-state index contributed by atoms with van der Waals surface area (Å²) in [5.41, 5.74) is 5.09. The third kappa shape index (κ3) is 7.18. The summed E-state index contributed by atoms with van der Waals surface area (Å²) in [7, 11) is 0. The molecule has 0 saturated carbocycles. The van der Waals surface area contributed by atoms with Gasteiger partial charge in [-0.3, -0.25) is 4.79 Å². The van der Waals surface area contributed by atoms with Gasteiger partial charge >= 0.3 is 5.97 Å². The van der Waals surface area contributed by atoms with Gasteiger partial charge in [-0.05, 0) is 51.0 Å². The van der Waals surface area contributed by atoms with Crippen molar-refractivity contribution in [3.05, 3.63) is 71.4 Å². The second kappa shape index (κ2) is 10.3. The molecule has 1 aliphatic rings. The minimum absolute atomic E-state index is 0.232. The molecule has 0 heterocycles. The molecule has 27 heavy (non-hydrogen) atoms. The summed E-state index contributed by atoms with van der Waals surface area (Å²) in [6.07, 6.45) is 15.5. The zero-order valence-corrected chi connectivity index (χ0v) is 17.3. The maximum Gasteiger partial charge on any atom is 0.313 e. The average Bonchev–Trinajstić information content (AvgIpc) is 2.53. The van der Waals surface area contributed by atoms with Crippen molar-refractivity contribution >= 4 is 5.97 Å². The summed E-state index contributed by atoms with van der Waals surface area (Å²) in [4.78, 5) is 11.0. The first-order valence-electron chi connectivity index (χ1n) is 9.53. The van der Waals surface area contributed by atoms with E-state index in [-0.39, 0.29) is 5.41 Å². The number of hydrogen-bond donors (Lipinski definition) is 2. The van der Waals surface area contributed by atoms with Crippen LogP contribution < -0.4 is 0 Å². The van der Waals surface area contributed by atoms with E-state index in [4.69, 9.17) is 5.11 Å². The molecule has 0 radical (unpaired) electrons. The van der Waals surface area contributed by atoms with Crippen LogP contribution >= 0.6 is 0 Å². The lowest BCUT2D eigenvalue weighted by Gasteiger charge is -2.32. The molecule has 0 aromatic carbocycles. The molecule has 2 N–H and O–H groups in total. The zero-order valence-electron chi connectivity index (χ0n) is 17.3. The quantitative estimate of drug-likeness (QED) is 0.421. The number of rotatable bonds is 8. The van der Waals surface area contributed by atoms with Crippen molar-refractivity contribution in [2.24, 2.45) is 11.3 Å². The molecule has 3 heteroatoms. The predicted octanol–water partition coefficient (Wildman–Crippen LogP) is 5.77. The van der Waals surface area contributed by atoms with Gasteiger partial charge in [0.15, 0.2) is 0 Å². The third-order valence-corrected chi connectivity index (χ3v) is 5.11. The Morgan fingerprint density at radius 3 is 2.44 bits per heavy atom. The second-order valence-corrected chi connectivity index (χ2v) is 8.04. The smallest absolute Gasteiger partial charge is 0.313 e. The van der Waals surface area contributed by atoms with Crippen molar-refractivity contribution in [1.82, 2.24) is 0 Å². The molecule has 0 fully saturated rings. The first-order valence-corrected chi connectivity index (χ1v) is 9.53. The van der Waals surface area contributed by atoms with Gasteiger partial charge in [-0.25, -0.2) is 0 Å². The van der Waals surface area contributed by atoms with Crippen LogP contribution in [0.5, 0.6) is 0 Å². The fraction of sp³-hybridized carbons (Fsp3) is 0.458. The van der Waals surface area contributed by atoms with E-state index in [1.807, 2.05) is 25.2 Å². The van der Waals surface area contributed by atoms with Crippen LogP contribution in [0, 0.1) is 11.3 Å². The van der Waals surface area contributed by atoms with Gasteiger partial charge in [-0.15, -0.1) is 6.58 Å². The van der Waals surface area contributed by atoms with Crippen LogP contribution in [-0.4, -0.2) is 22.3 Å². The highest BCUT2D eigenvalue weighted by Gasteiger charge is 2.26. The number of allylic oxidation sites excluding steroid dienone is 9. The molecule has 0 aliphatic heterocycles. The zero-order chi connectivity index (χ0) is 20.6.